The number of hydrogen-bond acceptors (Lipinski definition) is 8. The van der Waals surface area contributed by atoms with Crippen molar-refractivity contribution in [2.45, 2.75) is 141 Å². The molecule has 8 atom stereocenters. The number of carboxylic acids is 1. The first kappa shape index (κ1) is 79.3. The van der Waals surface area contributed by atoms with Crippen molar-refractivity contribution < 1.29 is 29.0 Å². The summed E-state index contributed by atoms with van der Waals surface area (Å²) in [5, 5.41) is 29.5. The summed E-state index contributed by atoms with van der Waals surface area (Å²) in [6.45, 7) is 19.2. The van der Waals surface area contributed by atoms with Crippen LogP contribution >= 0.6 is 69.6 Å². The van der Waals surface area contributed by atoms with Crippen LogP contribution in [0.4, 0.5) is 0 Å². The quantitative estimate of drug-likeness (QED) is 0.0618. The molecule has 4 N–H and O–H groups in total. The SMILES string of the molecule is Cc1ccc2cc([C@H]3C[C@@H](c4cc(Cl)cc(Cl)c4)CN3)ccc2c1.Cc1ccc2cc([C@H]3C[C@@H](c4cc(Cl)cc(Cl)c4)CN3C(C)c3ccc(C(=O)NCCC(=O)O)cc3)ccc2c1.Cc1ccc2cc([C@H]3C[C@@H](c4cc(Cl)cc(Cl)c4)CN3C(C)c3ccc(C(=O)NCCC(=O)OC(C)(C)C)cc3)ccc2c1. The molecule has 3 aliphatic heterocycles. The van der Waals surface area contributed by atoms with Gasteiger partial charge in [-0.25, -0.2) is 0 Å². The predicted molar refractivity (Wildman–Crippen MR) is 444 cm³/mol. The number of fused-ring (bicyclic) bond motifs is 3. The minimum Gasteiger partial charge on any atom is -0.481 e. The van der Waals surface area contributed by atoms with Gasteiger partial charge >= 0.3 is 11.9 Å². The van der Waals surface area contributed by atoms with Gasteiger partial charge < -0.3 is 25.8 Å². The van der Waals surface area contributed by atoms with Crippen LogP contribution in [0.2, 0.25) is 30.1 Å². The summed E-state index contributed by atoms with van der Waals surface area (Å²) in [6, 6.07) is 73.8. The number of carbonyl (C=O) groups excluding carboxylic acids is 3. The number of ether oxygens (including phenoxy) is 1. The second kappa shape index (κ2) is 35.2. The third-order valence-corrected chi connectivity index (χ3v) is 22.4. The van der Waals surface area contributed by atoms with Crippen LogP contribution in [0, 0.1) is 20.8 Å². The number of halogens is 6. The second-order valence-corrected chi connectivity index (χ2v) is 32.8. The van der Waals surface area contributed by atoms with Gasteiger partial charge in [0.25, 0.3) is 11.8 Å². The lowest BCUT2D eigenvalue weighted by atomic mass is 9.92. The maximum Gasteiger partial charge on any atom is 0.308 e. The van der Waals surface area contributed by atoms with E-state index in [4.69, 9.17) is 79.4 Å². The van der Waals surface area contributed by atoms with Crippen molar-refractivity contribution in [3.8, 4) is 0 Å². The van der Waals surface area contributed by atoms with Crippen LogP contribution in [0.5, 0.6) is 0 Å². The molecule has 0 saturated carbocycles. The van der Waals surface area contributed by atoms with Crippen molar-refractivity contribution >= 4 is 126 Å². The molecule has 3 aliphatic rings. The molecule has 17 heteroatoms. The van der Waals surface area contributed by atoms with E-state index in [0.717, 1.165) is 61.2 Å². The van der Waals surface area contributed by atoms with Gasteiger partial charge in [0.05, 0.1) is 12.8 Å². The van der Waals surface area contributed by atoms with Crippen LogP contribution in [0.1, 0.15) is 197 Å². The van der Waals surface area contributed by atoms with Gasteiger partial charge in [-0.05, 0) is 266 Å². The average molecular weight is 1560 g/mol. The number of carboxylic acid groups (broad SMARTS) is 1. The van der Waals surface area contributed by atoms with Gasteiger partial charge in [-0.15, -0.1) is 0 Å². The van der Waals surface area contributed by atoms with E-state index < -0.39 is 11.6 Å². The van der Waals surface area contributed by atoms with Crippen LogP contribution in [-0.4, -0.2) is 77.0 Å². The standard InChI is InChI=1S/C37H40Cl2N2O3.C33H32Cl2N2O3.C21H19Cl2N/c1-23-6-7-28-17-29(13-12-27(28)16-23)34-20-31(30-18-32(38)21-33(39)19-30)22-41(34)24(2)25-8-10-26(11-9-25)36(43)40-15-14-35(42)44-37(3,4)5;1-20-3-4-25-14-26(10-9-24(25)13-20)31-17-28(27-15-29(34)18-30(35)16-27)19-37(31)21(2)22-5-7-23(8-6-22)33(40)36-12-11-32(38)39;1-13-2-3-15-7-16(5-4-14(15)6-13)21-10-18(12-24-21)17-8-19(22)11-20(23)9-17/h6-13,16-19,21,24,31,34H,14-15,20,22H2,1-5H3,(H,40,43);3-10,13-16,18,21,28,31H,11-12,17,19H2,1-2H3,(H,36,40)(H,38,39);2-9,11,18,21,24H,10,12H2,1H3/t24?,31-,34-;21?,28-,31-;18-,21-/m111/s1. The fraction of sp³-hybridized carbons (Fsp3) is 0.297. The fourth-order valence-electron chi connectivity index (χ4n) is 15.5. The molecule has 11 aromatic carbocycles. The molecule has 3 heterocycles. The number of amides is 2. The molecular formula is C91H91Cl6N5O6. The zero-order valence-electron chi connectivity index (χ0n) is 62.0. The molecule has 11 nitrogen and oxygen atoms in total. The van der Waals surface area contributed by atoms with Crippen molar-refractivity contribution in [1.29, 1.82) is 0 Å². The minimum atomic E-state index is -0.940. The van der Waals surface area contributed by atoms with Crippen molar-refractivity contribution in [1.82, 2.24) is 25.8 Å². The molecule has 0 aliphatic carbocycles. The summed E-state index contributed by atoms with van der Waals surface area (Å²) < 4.78 is 5.32. The first-order valence-corrected chi connectivity index (χ1v) is 39.2. The van der Waals surface area contributed by atoms with Crippen LogP contribution in [-0.2, 0) is 14.3 Å². The molecular weight excluding hydrogens is 1470 g/mol. The molecule has 0 radical (unpaired) electrons. The highest BCUT2D eigenvalue weighted by molar-refractivity contribution is 6.35. The van der Waals surface area contributed by atoms with Gasteiger partial charge in [-0.2, -0.15) is 0 Å². The van der Waals surface area contributed by atoms with Gasteiger partial charge in [0.1, 0.15) is 5.60 Å². The van der Waals surface area contributed by atoms with E-state index in [0.29, 0.717) is 53.2 Å². The smallest absolute Gasteiger partial charge is 0.308 e. The van der Waals surface area contributed by atoms with E-state index >= 15 is 0 Å². The Morgan fingerprint density at radius 3 is 1.16 bits per heavy atom. The number of carbonyl (C=O) groups is 4. The molecule has 0 bridgehead atoms. The van der Waals surface area contributed by atoms with Crippen molar-refractivity contribution in [3.63, 3.8) is 0 Å². The van der Waals surface area contributed by atoms with Gasteiger partial charge in [-0.1, -0.05) is 202 Å². The van der Waals surface area contributed by atoms with Crippen molar-refractivity contribution in [2.24, 2.45) is 0 Å². The molecule has 2 amide bonds. The zero-order chi connectivity index (χ0) is 76.7. The Morgan fingerprint density at radius 2 is 0.778 bits per heavy atom. The number of aryl methyl sites for hydroxylation is 3. The normalized spacial score (nSPS) is 18.6. The van der Waals surface area contributed by atoms with Gasteiger partial charge in [0.2, 0.25) is 0 Å². The number of nitrogens with one attached hydrogen (secondary N) is 3. The summed E-state index contributed by atoms with van der Waals surface area (Å²) >= 11 is 37.9. The summed E-state index contributed by atoms with van der Waals surface area (Å²) in [7, 11) is 0. The Kier molecular flexibility index (Phi) is 25.8. The highest BCUT2D eigenvalue weighted by atomic mass is 35.5. The Balaban J connectivity index is 0.000000157. The molecule has 0 aromatic heterocycles. The van der Waals surface area contributed by atoms with E-state index in [-0.39, 0.29) is 79.7 Å². The minimum absolute atomic E-state index is 0.0856. The number of likely N-dealkylation sites (tertiary alicyclic amines) is 2. The molecule has 11 aromatic rings. The molecule has 0 spiro atoms. The van der Waals surface area contributed by atoms with Crippen LogP contribution in [0.25, 0.3) is 32.3 Å². The number of rotatable bonds is 18. The lowest BCUT2D eigenvalue weighted by Gasteiger charge is -2.31. The fourth-order valence-corrected chi connectivity index (χ4v) is 17.2. The molecule has 2 unspecified atom stereocenters. The van der Waals surface area contributed by atoms with Crippen LogP contribution in [0.3, 0.4) is 0 Å². The summed E-state index contributed by atoms with van der Waals surface area (Å²) in [6.07, 6.45) is 2.96. The lowest BCUT2D eigenvalue weighted by molar-refractivity contribution is -0.154. The zero-order valence-corrected chi connectivity index (χ0v) is 66.6. The third-order valence-electron chi connectivity index (χ3n) is 21.1. The van der Waals surface area contributed by atoms with Crippen LogP contribution in [0.15, 0.2) is 212 Å². The molecule has 108 heavy (non-hydrogen) atoms. The maximum absolute atomic E-state index is 12.8. The Bertz CT molecular complexity index is 5040. The summed E-state index contributed by atoms with van der Waals surface area (Å²) in [5.74, 6) is -0.787. The van der Waals surface area contributed by atoms with Gasteiger partial charge in [-0.3, -0.25) is 29.0 Å². The number of nitrogens with zero attached hydrogens (tertiary/aromatic N) is 2. The van der Waals surface area contributed by atoms with E-state index in [9.17, 15) is 19.2 Å². The first-order valence-electron chi connectivity index (χ1n) is 37.0. The average Bonchev–Trinajstić information content (AvgIpc) is 1.62. The van der Waals surface area contributed by atoms with Gasteiger partial charge in [0.15, 0.2) is 0 Å². The van der Waals surface area contributed by atoms with E-state index in [1.54, 1.807) is 30.3 Å². The topological polar surface area (TPSA) is 140 Å². The van der Waals surface area contributed by atoms with E-state index in [2.05, 4.69) is 170 Å². The predicted octanol–water partition coefficient (Wildman–Crippen LogP) is 23.4. The van der Waals surface area contributed by atoms with Gasteiger partial charge in [0, 0.05) is 104 Å². The Hall–Kier alpha value is -8.30. The maximum atomic E-state index is 12.8. The molecule has 558 valence electrons. The Morgan fingerprint density at radius 1 is 0.435 bits per heavy atom. The number of hydrogen-bond donors (Lipinski definition) is 4. The van der Waals surface area contributed by atoms with Crippen molar-refractivity contribution in [3.05, 3.63) is 315 Å². The molecule has 3 fully saturated rings. The van der Waals surface area contributed by atoms with Crippen LogP contribution < -0.4 is 16.0 Å². The number of benzene rings is 11. The summed E-state index contributed by atoms with van der Waals surface area (Å²) in [4.78, 5) is 53.0. The van der Waals surface area contributed by atoms with Crippen molar-refractivity contribution in [2.75, 3.05) is 32.7 Å². The highest BCUT2D eigenvalue weighted by Gasteiger charge is 2.39. The summed E-state index contributed by atoms with van der Waals surface area (Å²) in [5.41, 5.74) is 14.0. The second-order valence-electron chi connectivity index (χ2n) is 30.2. The lowest BCUT2D eigenvalue weighted by Crippen LogP contribution is -2.29. The number of aliphatic carboxylic acids is 1. The number of esters is 1. The largest absolute Gasteiger partial charge is 0.481 e. The monoisotopic (exact) mass is 1560 g/mol. The van der Waals surface area contributed by atoms with E-state index in [1.165, 1.54) is 71.3 Å². The first-order chi connectivity index (χ1) is 51.6. The molecule has 3 saturated heterocycles. The Labute approximate surface area is 664 Å². The molecule has 14 rings (SSSR count). The third kappa shape index (κ3) is 20.4. The highest BCUT2D eigenvalue weighted by Crippen LogP contribution is 2.49. The van der Waals surface area contributed by atoms with E-state index in [1.807, 2.05) is 93.6 Å².